The van der Waals surface area contributed by atoms with Gasteiger partial charge in [0.05, 0.1) is 12.7 Å². The fourth-order valence-electron chi connectivity index (χ4n) is 3.00. The van der Waals surface area contributed by atoms with Crippen molar-refractivity contribution >= 4 is 0 Å². The Morgan fingerprint density at radius 1 is 1.26 bits per heavy atom. The zero-order valence-corrected chi connectivity index (χ0v) is 12.9. The summed E-state index contributed by atoms with van der Waals surface area (Å²) in [5.41, 5.74) is 0. The molecule has 4 heteroatoms. The van der Waals surface area contributed by atoms with E-state index in [2.05, 4.69) is 24.1 Å². The van der Waals surface area contributed by atoms with Crippen LogP contribution in [0.3, 0.4) is 0 Å². The van der Waals surface area contributed by atoms with Crippen molar-refractivity contribution in [1.82, 2.24) is 10.2 Å². The average molecular weight is 270 g/mol. The van der Waals surface area contributed by atoms with Crippen LogP contribution in [0.15, 0.2) is 0 Å². The molecule has 2 saturated heterocycles. The van der Waals surface area contributed by atoms with Crippen molar-refractivity contribution in [3.05, 3.63) is 0 Å². The van der Waals surface area contributed by atoms with Gasteiger partial charge in [-0.25, -0.2) is 0 Å². The molecule has 0 saturated carbocycles. The molecule has 2 fully saturated rings. The molecule has 2 rings (SSSR count). The summed E-state index contributed by atoms with van der Waals surface area (Å²) >= 11 is 0. The monoisotopic (exact) mass is 270 g/mol. The van der Waals surface area contributed by atoms with Gasteiger partial charge in [-0.1, -0.05) is 0 Å². The first-order valence-corrected chi connectivity index (χ1v) is 7.75. The molecule has 0 aromatic rings. The van der Waals surface area contributed by atoms with Gasteiger partial charge in [0.1, 0.15) is 0 Å². The van der Waals surface area contributed by atoms with Crippen LogP contribution in [0.5, 0.6) is 0 Å². The molecule has 0 aliphatic carbocycles. The van der Waals surface area contributed by atoms with Gasteiger partial charge >= 0.3 is 0 Å². The van der Waals surface area contributed by atoms with E-state index in [1.54, 1.807) is 0 Å². The Labute approximate surface area is 117 Å². The molecule has 2 heterocycles. The quantitative estimate of drug-likeness (QED) is 0.847. The summed E-state index contributed by atoms with van der Waals surface area (Å²) in [6, 6.07) is 1.31. The van der Waals surface area contributed by atoms with Crippen molar-refractivity contribution in [3.8, 4) is 0 Å². The van der Waals surface area contributed by atoms with Crippen LogP contribution in [-0.2, 0) is 9.47 Å². The molecule has 1 N–H and O–H groups in total. The van der Waals surface area contributed by atoms with Crippen molar-refractivity contribution in [2.24, 2.45) is 0 Å². The minimum Gasteiger partial charge on any atom is -0.348 e. The highest BCUT2D eigenvalue weighted by Crippen LogP contribution is 2.22. The first-order chi connectivity index (χ1) is 8.96. The summed E-state index contributed by atoms with van der Waals surface area (Å²) in [7, 11) is 0. The molecule has 19 heavy (non-hydrogen) atoms. The zero-order chi connectivity index (χ0) is 13.9. The van der Waals surface area contributed by atoms with Crippen LogP contribution >= 0.6 is 0 Å². The highest BCUT2D eigenvalue weighted by atomic mass is 16.7. The second kappa shape index (κ2) is 6.53. The Hall–Kier alpha value is -0.160. The average Bonchev–Trinajstić information content (AvgIpc) is 2.56. The smallest absolute Gasteiger partial charge is 0.163 e. The van der Waals surface area contributed by atoms with E-state index in [4.69, 9.17) is 9.47 Å². The summed E-state index contributed by atoms with van der Waals surface area (Å²) in [4.78, 5) is 2.58. The molecule has 2 aliphatic rings. The first-order valence-electron chi connectivity index (χ1n) is 7.75. The topological polar surface area (TPSA) is 33.7 Å². The highest BCUT2D eigenvalue weighted by molar-refractivity contribution is 4.79. The third kappa shape index (κ3) is 4.71. The predicted molar refractivity (Wildman–Crippen MR) is 77.3 cm³/mol. The Morgan fingerprint density at radius 2 is 2.05 bits per heavy atom. The molecule has 0 amide bonds. The standard InChI is InChI=1S/C15H30N2O2/c1-12(2)17-8-5-6-13(7-9-17)16-10-14-11-18-15(3,4)19-14/h12-14,16H,5-11H2,1-4H3. The van der Waals surface area contributed by atoms with Gasteiger partial charge in [-0.15, -0.1) is 0 Å². The fourth-order valence-corrected chi connectivity index (χ4v) is 3.00. The van der Waals surface area contributed by atoms with E-state index in [1.165, 1.54) is 32.4 Å². The Bertz CT molecular complexity index is 281. The second-order valence-electron chi connectivity index (χ2n) is 6.62. The molecule has 0 aromatic carbocycles. The molecule has 4 nitrogen and oxygen atoms in total. The van der Waals surface area contributed by atoms with Crippen LogP contribution in [0, 0.1) is 0 Å². The lowest BCUT2D eigenvalue weighted by Crippen LogP contribution is -2.38. The maximum Gasteiger partial charge on any atom is 0.163 e. The Balaban J connectivity index is 1.69. The highest BCUT2D eigenvalue weighted by Gasteiger charge is 2.32. The van der Waals surface area contributed by atoms with Crippen LogP contribution in [-0.4, -0.2) is 55.1 Å². The van der Waals surface area contributed by atoms with Crippen molar-refractivity contribution in [3.63, 3.8) is 0 Å². The summed E-state index contributed by atoms with van der Waals surface area (Å²) in [6.45, 7) is 12.6. The summed E-state index contributed by atoms with van der Waals surface area (Å²) in [6.07, 6.45) is 4.03. The minimum atomic E-state index is -0.399. The summed E-state index contributed by atoms with van der Waals surface area (Å²) < 4.78 is 11.4. The number of hydrogen-bond acceptors (Lipinski definition) is 4. The van der Waals surface area contributed by atoms with E-state index >= 15 is 0 Å². The van der Waals surface area contributed by atoms with Gasteiger partial charge in [-0.05, 0) is 60.0 Å². The van der Waals surface area contributed by atoms with Gasteiger partial charge in [0.2, 0.25) is 0 Å². The van der Waals surface area contributed by atoms with Crippen molar-refractivity contribution < 1.29 is 9.47 Å². The Kier molecular flexibility index (Phi) is 5.23. The number of ether oxygens (including phenoxy) is 2. The lowest BCUT2D eigenvalue weighted by atomic mass is 10.1. The normalized spacial score (nSPS) is 32.7. The van der Waals surface area contributed by atoms with Gasteiger partial charge < -0.3 is 19.7 Å². The van der Waals surface area contributed by atoms with Gasteiger partial charge in [0.15, 0.2) is 5.79 Å². The van der Waals surface area contributed by atoms with Crippen molar-refractivity contribution in [2.75, 3.05) is 26.2 Å². The molecular formula is C15H30N2O2. The van der Waals surface area contributed by atoms with Gasteiger partial charge in [-0.2, -0.15) is 0 Å². The van der Waals surface area contributed by atoms with Gasteiger partial charge in [-0.3, -0.25) is 0 Å². The molecule has 2 atom stereocenters. The lowest BCUT2D eigenvalue weighted by Gasteiger charge is -2.24. The van der Waals surface area contributed by atoms with Crippen LogP contribution in [0.4, 0.5) is 0 Å². The molecule has 0 spiro atoms. The third-order valence-electron chi connectivity index (χ3n) is 4.19. The number of hydrogen-bond donors (Lipinski definition) is 1. The van der Waals surface area contributed by atoms with E-state index < -0.39 is 5.79 Å². The fraction of sp³-hybridized carbons (Fsp3) is 1.00. The molecule has 0 aromatic heterocycles. The number of nitrogens with zero attached hydrogens (tertiary/aromatic N) is 1. The van der Waals surface area contributed by atoms with Gasteiger partial charge in [0, 0.05) is 18.6 Å². The van der Waals surface area contributed by atoms with Crippen LogP contribution in [0.2, 0.25) is 0 Å². The molecule has 0 radical (unpaired) electrons. The predicted octanol–water partition coefficient (Wildman–Crippen LogP) is 1.99. The first kappa shape index (κ1) is 15.2. The SMILES string of the molecule is CC(C)N1CCCC(NCC2COC(C)(C)O2)CC1. The molecule has 2 aliphatic heterocycles. The number of nitrogens with one attached hydrogen (secondary N) is 1. The van der Waals surface area contributed by atoms with E-state index in [0.29, 0.717) is 18.7 Å². The van der Waals surface area contributed by atoms with Crippen molar-refractivity contribution in [1.29, 1.82) is 0 Å². The van der Waals surface area contributed by atoms with Crippen LogP contribution < -0.4 is 5.32 Å². The summed E-state index contributed by atoms with van der Waals surface area (Å²) in [5, 5.41) is 3.67. The lowest BCUT2D eigenvalue weighted by molar-refractivity contribution is -0.137. The molecule has 112 valence electrons. The summed E-state index contributed by atoms with van der Waals surface area (Å²) in [5.74, 6) is -0.399. The van der Waals surface area contributed by atoms with E-state index in [1.807, 2.05) is 13.8 Å². The molecular weight excluding hydrogens is 240 g/mol. The third-order valence-corrected chi connectivity index (χ3v) is 4.19. The zero-order valence-electron chi connectivity index (χ0n) is 12.9. The molecule has 0 bridgehead atoms. The maximum atomic E-state index is 5.84. The van der Waals surface area contributed by atoms with E-state index in [0.717, 1.165) is 6.54 Å². The minimum absolute atomic E-state index is 0.208. The molecule has 2 unspecified atom stereocenters. The number of likely N-dealkylation sites (tertiary alicyclic amines) is 1. The number of rotatable bonds is 4. The van der Waals surface area contributed by atoms with E-state index in [-0.39, 0.29) is 6.10 Å². The van der Waals surface area contributed by atoms with Crippen LogP contribution in [0.25, 0.3) is 0 Å². The largest absolute Gasteiger partial charge is 0.348 e. The second-order valence-corrected chi connectivity index (χ2v) is 6.62. The van der Waals surface area contributed by atoms with Crippen molar-refractivity contribution in [2.45, 2.75) is 70.9 Å². The van der Waals surface area contributed by atoms with Crippen LogP contribution in [0.1, 0.15) is 47.0 Å². The van der Waals surface area contributed by atoms with E-state index in [9.17, 15) is 0 Å². The van der Waals surface area contributed by atoms with Gasteiger partial charge in [0.25, 0.3) is 0 Å². The maximum absolute atomic E-state index is 5.84. The Morgan fingerprint density at radius 3 is 2.68 bits per heavy atom.